The normalized spacial score (nSPS) is 11.8. The van der Waals surface area contributed by atoms with Crippen molar-refractivity contribution in [1.82, 2.24) is 4.98 Å². The summed E-state index contributed by atoms with van der Waals surface area (Å²) in [5.74, 6) is 0.642. The molecule has 53 heavy (non-hydrogen) atoms. The van der Waals surface area contributed by atoms with Gasteiger partial charge in [0.15, 0.2) is 5.58 Å². The highest BCUT2D eigenvalue weighted by Crippen LogP contribution is 2.45. The quantitative estimate of drug-likeness (QED) is 0.137. The van der Waals surface area contributed by atoms with Crippen molar-refractivity contribution in [2.45, 2.75) is 0 Å². The molecule has 0 N–H and O–H groups in total. The molecule has 0 spiro atoms. The van der Waals surface area contributed by atoms with Crippen LogP contribution in [0.3, 0.4) is 0 Å². The lowest BCUT2D eigenvalue weighted by Crippen LogP contribution is -1.91. The fourth-order valence-electron chi connectivity index (χ4n) is 8.35. The number of oxazole rings is 1. The van der Waals surface area contributed by atoms with Crippen LogP contribution in [0.25, 0.3) is 110 Å². The Morgan fingerprint density at radius 3 is 1.43 bits per heavy atom. The van der Waals surface area contributed by atoms with Crippen LogP contribution in [-0.4, -0.2) is 4.98 Å². The van der Waals surface area contributed by atoms with Gasteiger partial charge in [0.25, 0.3) is 0 Å². The van der Waals surface area contributed by atoms with Crippen LogP contribution in [-0.2, 0) is 0 Å². The van der Waals surface area contributed by atoms with Gasteiger partial charge < -0.3 is 4.42 Å². The molecule has 1 aromatic heterocycles. The van der Waals surface area contributed by atoms with Gasteiger partial charge in [-0.15, -0.1) is 0 Å². The first kappa shape index (κ1) is 29.7. The molecular weight excluding hydrogens is 643 g/mol. The largest absolute Gasteiger partial charge is 0.435 e. The van der Waals surface area contributed by atoms with Crippen LogP contribution in [0.4, 0.5) is 0 Å². The first-order valence-electron chi connectivity index (χ1n) is 18.1. The predicted octanol–water partition coefficient (Wildman–Crippen LogP) is 14.3. The highest BCUT2D eigenvalue weighted by molar-refractivity contribution is 6.23. The lowest BCUT2D eigenvalue weighted by Gasteiger charge is -2.18. The summed E-state index contributed by atoms with van der Waals surface area (Å²) < 4.78 is 6.50. The van der Waals surface area contributed by atoms with Crippen molar-refractivity contribution in [3.63, 3.8) is 0 Å². The Bertz CT molecular complexity index is 3160. The fraction of sp³-hybridized carbons (Fsp3) is 0. The van der Waals surface area contributed by atoms with Gasteiger partial charge >= 0.3 is 0 Å². The minimum absolute atomic E-state index is 0.642. The molecule has 11 rings (SSSR count). The Kier molecular flexibility index (Phi) is 6.59. The molecule has 0 aliphatic rings. The Morgan fingerprint density at radius 2 is 0.792 bits per heavy atom. The summed E-state index contributed by atoms with van der Waals surface area (Å²) in [4.78, 5) is 4.87. The summed E-state index contributed by atoms with van der Waals surface area (Å²) >= 11 is 0. The monoisotopic (exact) mass is 673 g/mol. The van der Waals surface area contributed by atoms with Gasteiger partial charge in [0.2, 0.25) is 5.89 Å². The van der Waals surface area contributed by atoms with Crippen LogP contribution >= 0.6 is 0 Å². The first-order valence-corrected chi connectivity index (χ1v) is 18.1. The van der Waals surface area contributed by atoms with E-state index >= 15 is 0 Å². The minimum atomic E-state index is 0.642. The van der Waals surface area contributed by atoms with Crippen molar-refractivity contribution in [3.05, 3.63) is 188 Å². The van der Waals surface area contributed by atoms with E-state index in [-0.39, 0.29) is 0 Å². The summed E-state index contributed by atoms with van der Waals surface area (Å²) in [6, 6.07) is 67.7. The van der Waals surface area contributed by atoms with E-state index in [0.717, 1.165) is 32.8 Å². The maximum atomic E-state index is 6.50. The number of fused-ring (bicyclic) bond motifs is 8. The van der Waals surface area contributed by atoms with E-state index in [1.165, 1.54) is 71.1 Å². The van der Waals surface area contributed by atoms with Gasteiger partial charge in [0, 0.05) is 10.9 Å². The molecule has 246 valence electrons. The van der Waals surface area contributed by atoms with Gasteiger partial charge in [-0.25, -0.2) is 4.98 Å². The SMILES string of the molecule is c1ccc(-c2ccc3cc(-c4c5ccccc5c(-c5ccc6c(ccc7ccc8nc(-c9ccccc9)oc8c76)c5)c5ccccc45)ccc3c2)cc1. The van der Waals surface area contributed by atoms with E-state index in [0.29, 0.717) is 5.89 Å². The predicted molar refractivity (Wildman–Crippen MR) is 223 cm³/mol. The average Bonchev–Trinajstić information content (AvgIpc) is 3.68. The molecule has 10 aromatic carbocycles. The number of rotatable bonds is 4. The molecule has 2 heteroatoms. The topological polar surface area (TPSA) is 26.0 Å². The standard InChI is InChI=1S/C51H31NO/c1-3-11-32(12-4-1)35-20-21-37-30-39(24-22-36(37)29-35)47-42-15-7-9-17-44(42)48(45-18-10-8-16-43(45)47)40-25-27-41-38(31-40)23-19-33-26-28-46-50(49(33)41)53-51(52-46)34-13-5-2-6-14-34/h1-31H. The van der Waals surface area contributed by atoms with E-state index in [1.54, 1.807) is 0 Å². The molecule has 0 fully saturated rings. The van der Waals surface area contributed by atoms with Crippen LogP contribution in [0.2, 0.25) is 0 Å². The molecule has 0 aliphatic carbocycles. The second-order valence-electron chi connectivity index (χ2n) is 13.9. The highest BCUT2D eigenvalue weighted by atomic mass is 16.3. The Labute approximate surface area is 306 Å². The van der Waals surface area contributed by atoms with Gasteiger partial charge in [-0.2, -0.15) is 0 Å². The molecule has 0 amide bonds. The number of hydrogen-bond acceptors (Lipinski definition) is 2. The van der Waals surface area contributed by atoms with E-state index in [1.807, 2.05) is 30.3 Å². The zero-order valence-corrected chi connectivity index (χ0v) is 28.8. The summed E-state index contributed by atoms with van der Waals surface area (Å²) in [7, 11) is 0. The van der Waals surface area contributed by atoms with Gasteiger partial charge in [0.1, 0.15) is 5.52 Å². The second kappa shape index (κ2) is 11.8. The van der Waals surface area contributed by atoms with Gasteiger partial charge in [-0.1, -0.05) is 152 Å². The number of hydrogen-bond donors (Lipinski definition) is 0. The van der Waals surface area contributed by atoms with Crippen molar-refractivity contribution < 1.29 is 4.42 Å². The smallest absolute Gasteiger partial charge is 0.227 e. The third kappa shape index (κ3) is 4.77. The molecule has 0 aliphatic heterocycles. The minimum Gasteiger partial charge on any atom is -0.435 e. The Balaban J connectivity index is 1.10. The zero-order valence-electron chi connectivity index (χ0n) is 28.8. The van der Waals surface area contributed by atoms with Crippen molar-refractivity contribution in [3.8, 4) is 44.8 Å². The van der Waals surface area contributed by atoms with Crippen LogP contribution in [0.5, 0.6) is 0 Å². The van der Waals surface area contributed by atoms with Crippen LogP contribution < -0.4 is 0 Å². The van der Waals surface area contributed by atoms with Crippen LogP contribution in [0.15, 0.2) is 192 Å². The Morgan fingerprint density at radius 1 is 0.321 bits per heavy atom. The molecule has 0 radical (unpaired) electrons. The summed E-state index contributed by atoms with van der Waals surface area (Å²) in [6.07, 6.45) is 0. The molecular formula is C51H31NO. The molecule has 0 unspecified atom stereocenters. The molecule has 0 saturated carbocycles. The number of aromatic nitrogens is 1. The third-order valence-electron chi connectivity index (χ3n) is 10.8. The van der Waals surface area contributed by atoms with Gasteiger partial charge in [0.05, 0.1) is 0 Å². The van der Waals surface area contributed by atoms with Gasteiger partial charge in [-0.05, 0) is 118 Å². The van der Waals surface area contributed by atoms with E-state index in [9.17, 15) is 0 Å². The van der Waals surface area contributed by atoms with E-state index in [4.69, 9.17) is 9.40 Å². The maximum absolute atomic E-state index is 6.50. The van der Waals surface area contributed by atoms with Crippen molar-refractivity contribution >= 4 is 65.0 Å². The lowest BCUT2D eigenvalue weighted by molar-refractivity contribution is 0.623. The molecule has 0 saturated heterocycles. The maximum Gasteiger partial charge on any atom is 0.227 e. The van der Waals surface area contributed by atoms with E-state index in [2.05, 4.69) is 158 Å². The highest BCUT2D eigenvalue weighted by Gasteiger charge is 2.18. The molecule has 2 nitrogen and oxygen atoms in total. The molecule has 11 aromatic rings. The third-order valence-corrected chi connectivity index (χ3v) is 10.8. The lowest BCUT2D eigenvalue weighted by atomic mass is 9.85. The first-order chi connectivity index (χ1) is 26.3. The number of nitrogens with zero attached hydrogens (tertiary/aromatic N) is 1. The fourth-order valence-corrected chi connectivity index (χ4v) is 8.35. The number of benzene rings is 10. The van der Waals surface area contributed by atoms with Crippen LogP contribution in [0.1, 0.15) is 0 Å². The van der Waals surface area contributed by atoms with Crippen molar-refractivity contribution in [1.29, 1.82) is 0 Å². The summed E-state index contributed by atoms with van der Waals surface area (Å²) in [5, 5.41) is 12.0. The zero-order chi connectivity index (χ0) is 34.9. The summed E-state index contributed by atoms with van der Waals surface area (Å²) in [5.41, 5.74) is 10.1. The van der Waals surface area contributed by atoms with E-state index < -0.39 is 0 Å². The molecule has 0 bridgehead atoms. The Hall–Kier alpha value is -7.03. The van der Waals surface area contributed by atoms with Crippen molar-refractivity contribution in [2.75, 3.05) is 0 Å². The molecule has 1 heterocycles. The van der Waals surface area contributed by atoms with Gasteiger partial charge in [-0.3, -0.25) is 0 Å². The average molecular weight is 674 g/mol. The second-order valence-corrected chi connectivity index (χ2v) is 13.9. The summed E-state index contributed by atoms with van der Waals surface area (Å²) in [6.45, 7) is 0. The molecule has 0 atom stereocenters. The van der Waals surface area contributed by atoms with Crippen LogP contribution in [0, 0.1) is 0 Å². The van der Waals surface area contributed by atoms with Crippen molar-refractivity contribution in [2.24, 2.45) is 0 Å².